The van der Waals surface area contributed by atoms with Crippen LogP contribution in [0, 0.1) is 11.7 Å². The van der Waals surface area contributed by atoms with Gasteiger partial charge in [0.15, 0.2) is 0 Å². The Kier molecular flexibility index (Phi) is 3.42. The van der Waals surface area contributed by atoms with E-state index in [-0.39, 0.29) is 10.8 Å². The zero-order chi connectivity index (χ0) is 9.84. The molecule has 2 nitrogen and oxygen atoms in total. The number of nitrogens with one attached hydrogen (secondary N) is 1. The largest absolute Gasteiger partial charge is 0.351 e. The van der Waals surface area contributed by atoms with Crippen molar-refractivity contribution in [2.24, 2.45) is 5.92 Å². The van der Waals surface area contributed by atoms with Crippen LogP contribution in [-0.2, 0) is 0 Å². The zero-order valence-corrected chi connectivity index (χ0v) is 8.45. The molecule has 1 aromatic heterocycles. The van der Waals surface area contributed by atoms with Crippen LogP contribution in [0.25, 0.3) is 0 Å². The molecule has 1 N–H and O–H groups in total. The third-order valence-electron chi connectivity index (χ3n) is 1.49. The van der Waals surface area contributed by atoms with Crippen molar-refractivity contribution in [3.8, 4) is 0 Å². The summed E-state index contributed by atoms with van der Waals surface area (Å²) in [5.74, 6) is -0.376. The van der Waals surface area contributed by atoms with Gasteiger partial charge < -0.3 is 5.32 Å². The van der Waals surface area contributed by atoms with Gasteiger partial charge in [0, 0.05) is 6.54 Å². The fourth-order valence-electron chi connectivity index (χ4n) is 0.833. The minimum Gasteiger partial charge on any atom is -0.351 e. The summed E-state index contributed by atoms with van der Waals surface area (Å²) in [7, 11) is 0. The molecule has 1 aromatic rings. The summed E-state index contributed by atoms with van der Waals surface area (Å²) in [6.45, 7) is 4.56. The predicted octanol–water partition coefficient (Wildman–Crippen LogP) is 2.27. The minimum atomic E-state index is -0.439. The summed E-state index contributed by atoms with van der Waals surface area (Å²) < 4.78 is 12.9. The maximum Gasteiger partial charge on any atom is 0.264 e. The molecule has 72 valence electrons. The van der Waals surface area contributed by atoms with Crippen molar-refractivity contribution < 1.29 is 9.18 Å². The summed E-state index contributed by atoms with van der Waals surface area (Å²) in [5.41, 5.74) is 0. The molecule has 0 radical (unpaired) electrons. The van der Waals surface area contributed by atoms with Gasteiger partial charge in [0.2, 0.25) is 0 Å². The van der Waals surface area contributed by atoms with Gasteiger partial charge in [0.1, 0.15) is 10.7 Å². The molecule has 0 bridgehead atoms. The Morgan fingerprint density at radius 1 is 1.69 bits per heavy atom. The van der Waals surface area contributed by atoms with Gasteiger partial charge in [-0.1, -0.05) is 13.8 Å². The third kappa shape index (κ3) is 2.81. The number of hydrogen-bond donors (Lipinski definition) is 1. The molecular formula is C9H12FNOS. The molecule has 0 atom stereocenters. The van der Waals surface area contributed by atoms with Crippen molar-refractivity contribution >= 4 is 17.2 Å². The highest BCUT2D eigenvalue weighted by atomic mass is 32.1. The van der Waals surface area contributed by atoms with Crippen molar-refractivity contribution in [3.05, 3.63) is 22.1 Å². The molecular weight excluding hydrogens is 189 g/mol. The van der Waals surface area contributed by atoms with Crippen molar-refractivity contribution in [2.45, 2.75) is 13.8 Å². The molecule has 0 fully saturated rings. The average molecular weight is 201 g/mol. The smallest absolute Gasteiger partial charge is 0.264 e. The van der Waals surface area contributed by atoms with E-state index in [0.717, 1.165) is 11.3 Å². The van der Waals surface area contributed by atoms with E-state index >= 15 is 0 Å². The Hall–Kier alpha value is -0.900. The maximum absolute atomic E-state index is 12.9. The fraction of sp³-hybridized carbons (Fsp3) is 0.444. The van der Waals surface area contributed by atoms with Crippen molar-refractivity contribution in [1.82, 2.24) is 5.32 Å². The van der Waals surface area contributed by atoms with Crippen LogP contribution in [0.3, 0.4) is 0 Å². The van der Waals surface area contributed by atoms with Gasteiger partial charge in [-0.25, -0.2) is 4.39 Å². The second-order valence-electron chi connectivity index (χ2n) is 3.20. The molecule has 13 heavy (non-hydrogen) atoms. The van der Waals surface area contributed by atoms with Crippen LogP contribution >= 0.6 is 11.3 Å². The Labute approximate surface area is 80.8 Å². The molecule has 1 rings (SSSR count). The Morgan fingerprint density at radius 3 is 2.85 bits per heavy atom. The quantitative estimate of drug-likeness (QED) is 0.798. The topological polar surface area (TPSA) is 29.1 Å². The van der Waals surface area contributed by atoms with Gasteiger partial charge in [-0.2, -0.15) is 0 Å². The lowest BCUT2D eigenvalue weighted by atomic mass is 10.2. The monoisotopic (exact) mass is 201 g/mol. The lowest BCUT2D eigenvalue weighted by Gasteiger charge is -2.05. The van der Waals surface area contributed by atoms with Gasteiger partial charge in [-0.15, -0.1) is 11.3 Å². The van der Waals surface area contributed by atoms with E-state index < -0.39 is 5.82 Å². The number of hydrogen-bond acceptors (Lipinski definition) is 2. The van der Waals surface area contributed by atoms with Gasteiger partial charge >= 0.3 is 0 Å². The van der Waals surface area contributed by atoms with Crippen LogP contribution in [-0.4, -0.2) is 12.5 Å². The van der Waals surface area contributed by atoms with Gasteiger partial charge in [0.25, 0.3) is 5.91 Å². The lowest BCUT2D eigenvalue weighted by Crippen LogP contribution is -2.27. The van der Waals surface area contributed by atoms with Crippen LogP contribution in [0.4, 0.5) is 4.39 Å². The summed E-state index contributed by atoms with van der Waals surface area (Å²) in [6.07, 6.45) is 0. The van der Waals surface area contributed by atoms with Crippen molar-refractivity contribution in [3.63, 3.8) is 0 Å². The first-order valence-corrected chi connectivity index (χ1v) is 5.00. The molecule has 0 aliphatic rings. The summed E-state index contributed by atoms with van der Waals surface area (Å²) in [6, 6.07) is 1.30. The van der Waals surface area contributed by atoms with Gasteiger partial charge in [0.05, 0.1) is 0 Å². The van der Waals surface area contributed by atoms with Crippen LogP contribution < -0.4 is 5.32 Å². The van der Waals surface area contributed by atoms with E-state index in [9.17, 15) is 9.18 Å². The Balaban J connectivity index is 2.54. The van der Waals surface area contributed by atoms with E-state index in [2.05, 4.69) is 5.32 Å². The lowest BCUT2D eigenvalue weighted by molar-refractivity contribution is 0.0949. The first-order valence-electron chi connectivity index (χ1n) is 4.12. The highest BCUT2D eigenvalue weighted by molar-refractivity contribution is 7.12. The zero-order valence-electron chi connectivity index (χ0n) is 7.63. The average Bonchev–Trinajstić information content (AvgIpc) is 2.47. The van der Waals surface area contributed by atoms with Crippen LogP contribution in [0.5, 0.6) is 0 Å². The standard InChI is InChI=1S/C9H12FNOS/c1-6(2)5-11-9(12)8-7(10)3-4-13-8/h3-4,6H,5H2,1-2H3,(H,11,12). The SMILES string of the molecule is CC(C)CNC(=O)c1sccc1F. The molecule has 0 saturated carbocycles. The Bertz CT molecular complexity index is 296. The maximum atomic E-state index is 12.9. The summed E-state index contributed by atoms with van der Waals surface area (Å²) in [4.78, 5) is 11.5. The third-order valence-corrected chi connectivity index (χ3v) is 2.38. The molecule has 1 amide bonds. The molecule has 0 saturated heterocycles. The highest BCUT2D eigenvalue weighted by Crippen LogP contribution is 2.14. The van der Waals surface area contributed by atoms with E-state index in [1.165, 1.54) is 6.07 Å². The molecule has 0 spiro atoms. The van der Waals surface area contributed by atoms with Crippen LogP contribution in [0.1, 0.15) is 23.5 Å². The number of carbonyl (C=O) groups is 1. The summed E-state index contributed by atoms with van der Waals surface area (Å²) in [5, 5.41) is 4.23. The second kappa shape index (κ2) is 4.37. The van der Waals surface area contributed by atoms with E-state index in [1.807, 2.05) is 13.8 Å². The molecule has 1 heterocycles. The number of amides is 1. The molecule has 4 heteroatoms. The van der Waals surface area contributed by atoms with Crippen molar-refractivity contribution in [2.75, 3.05) is 6.54 Å². The predicted molar refractivity (Wildman–Crippen MR) is 51.4 cm³/mol. The van der Waals surface area contributed by atoms with Gasteiger partial charge in [-0.3, -0.25) is 4.79 Å². The first kappa shape index (κ1) is 10.2. The highest BCUT2D eigenvalue weighted by Gasteiger charge is 2.12. The molecule has 0 unspecified atom stereocenters. The number of thiophene rings is 1. The van der Waals surface area contributed by atoms with E-state index in [1.54, 1.807) is 5.38 Å². The molecule has 0 aromatic carbocycles. The normalized spacial score (nSPS) is 10.5. The number of rotatable bonds is 3. The number of halogens is 1. The van der Waals surface area contributed by atoms with Crippen LogP contribution in [0.2, 0.25) is 0 Å². The summed E-state index contributed by atoms with van der Waals surface area (Å²) >= 11 is 1.12. The minimum absolute atomic E-state index is 0.167. The second-order valence-corrected chi connectivity index (χ2v) is 4.12. The molecule has 0 aliphatic heterocycles. The van der Waals surface area contributed by atoms with E-state index in [4.69, 9.17) is 0 Å². The Morgan fingerprint density at radius 2 is 2.38 bits per heavy atom. The van der Waals surface area contributed by atoms with Crippen molar-refractivity contribution in [1.29, 1.82) is 0 Å². The first-order chi connectivity index (χ1) is 6.11. The van der Waals surface area contributed by atoms with Gasteiger partial charge in [-0.05, 0) is 17.4 Å². The van der Waals surface area contributed by atoms with Crippen LogP contribution in [0.15, 0.2) is 11.4 Å². The van der Waals surface area contributed by atoms with E-state index in [0.29, 0.717) is 12.5 Å². The molecule has 0 aliphatic carbocycles. The fourth-order valence-corrected chi connectivity index (χ4v) is 1.52. The number of carbonyl (C=O) groups excluding carboxylic acids is 1.